The Bertz CT molecular complexity index is 1660. The largest absolute Gasteiger partial charge is 0.333 e. The van der Waals surface area contributed by atoms with E-state index in [1.807, 2.05) is 52.5 Å². The molecule has 0 unspecified atom stereocenters. The van der Waals surface area contributed by atoms with Gasteiger partial charge < -0.3 is 4.57 Å². The molecule has 4 aromatic heterocycles. The van der Waals surface area contributed by atoms with E-state index in [4.69, 9.17) is 16.7 Å². The monoisotopic (exact) mass is 495 g/mol. The lowest BCUT2D eigenvalue weighted by atomic mass is 10.2. The minimum atomic E-state index is -3.17. The van der Waals surface area contributed by atoms with Crippen LogP contribution in [0, 0.1) is 6.92 Å². The number of halogens is 1. The topological polar surface area (TPSA) is 90.3 Å². The Balaban J connectivity index is 1.46. The molecule has 0 atom stereocenters. The molecule has 174 valence electrons. The van der Waals surface area contributed by atoms with E-state index in [9.17, 15) is 8.42 Å². The molecule has 11 heteroatoms. The Labute approximate surface area is 201 Å². The van der Waals surface area contributed by atoms with Gasteiger partial charge in [0.2, 0.25) is 10.0 Å². The zero-order valence-corrected chi connectivity index (χ0v) is 20.2. The molecule has 1 aliphatic heterocycles. The summed E-state index contributed by atoms with van der Waals surface area (Å²) >= 11 is 6.26. The van der Waals surface area contributed by atoms with Crippen molar-refractivity contribution in [2.75, 3.05) is 19.3 Å². The quantitative estimate of drug-likeness (QED) is 0.373. The van der Waals surface area contributed by atoms with Gasteiger partial charge >= 0.3 is 0 Å². The number of rotatable bonds is 5. The molecule has 5 heterocycles. The standard InChI is InChI=1S/C23H22ClN7O2S/c1-15-25-26-23-7-6-20-22(31(15)23)11-21(29(20)12-16-4-3-5-17(24)10-16)19-8-9-30(27-19)18-13-28(14-18)34(2,32)33/h3-11,18H,12-14H2,1-2H3. The third kappa shape index (κ3) is 3.49. The van der Waals surface area contributed by atoms with Crippen LogP contribution < -0.4 is 0 Å². The summed E-state index contributed by atoms with van der Waals surface area (Å²) in [6.45, 7) is 3.43. The van der Waals surface area contributed by atoms with E-state index in [1.165, 1.54) is 10.6 Å². The fourth-order valence-electron chi connectivity index (χ4n) is 4.57. The molecule has 1 fully saturated rings. The smallest absolute Gasteiger partial charge is 0.211 e. The molecule has 1 saturated heterocycles. The summed E-state index contributed by atoms with van der Waals surface area (Å²) in [6, 6.07) is 16.0. The number of benzene rings is 1. The Hall–Kier alpha value is -3.21. The first kappa shape index (κ1) is 21.3. The van der Waals surface area contributed by atoms with Crippen LogP contribution in [0.1, 0.15) is 17.4 Å². The zero-order chi connectivity index (χ0) is 23.6. The lowest BCUT2D eigenvalue weighted by Gasteiger charge is -2.37. The number of pyridine rings is 1. The predicted molar refractivity (Wildman–Crippen MR) is 130 cm³/mol. The van der Waals surface area contributed by atoms with Gasteiger partial charge in [0.15, 0.2) is 5.65 Å². The molecule has 1 aromatic carbocycles. The molecule has 0 spiro atoms. The minimum absolute atomic E-state index is 0.0287. The number of aryl methyl sites for hydroxylation is 1. The highest BCUT2D eigenvalue weighted by Gasteiger charge is 2.35. The second-order valence-corrected chi connectivity index (χ2v) is 11.1. The third-order valence-electron chi connectivity index (χ3n) is 6.37. The summed E-state index contributed by atoms with van der Waals surface area (Å²) in [5, 5.41) is 14.0. The minimum Gasteiger partial charge on any atom is -0.333 e. The van der Waals surface area contributed by atoms with Crippen LogP contribution in [0.15, 0.2) is 54.7 Å². The summed E-state index contributed by atoms with van der Waals surface area (Å²) in [6.07, 6.45) is 3.15. The number of sulfonamides is 1. The summed E-state index contributed by atoms with van der Waals surface area (Å²) < 4.78 is 31.1. The summed E-state index contributed by atoms with van der Waals surface area (Å²) in [4.78, 5) is 0. The average molecular weight is 496 g/mol. The second kappa shape index (κ2) is 7.66. The fourth-order valence-corrected chi connectivity index (χ4v) is 5.67. The molecule has 6 rings (SSSR count). The van der Waals surface area contributed by atoms with Crippen LogP contribution in [0.25, 0.3) is 28.1 Å². The highest BCUT2D eigenvalue weighted by molar-refractivity contribution is 7.88. The molecule has 0 bridgehead atoms. The fraction of sp³-hybridized carbons (Fsp3) is 0.261. The van der Waals surface area contributed by atoms with Crippen LogP contribution >= 0.6 is 11.6 Å². The van der Waals surface area contributed by atoms with E-state index in [0.29, 0.717) is 24.7 Å². The van der Waals surface area contributed by atoms with Crippen molar-refractivity contribution in [2.45, 2.75) is 19.5 Å². The van der Waals surface area contributed by atoms with Crippen LogP contribution in [0.2, 0.25) is 5.02 Å². The van der Waals surface area contributed by atoms with E-state index in [2.05, 4.69) is 33.0 Å². The van der Waals surface area contributed by atoms with Crippen molar-refractivity contribution in [3.63, 3.8) is 0 Å². The maximum absolute atomic E-state index is 11.7. The van der Waals surface area contributed by atoms with E-state index >= 15 is 0 Å². The Morgan fingerprint density at radius 3 is 2.65 bits per heavy atom. The first-order valence-electron chi connectivity index (χ1n) is 10.9. The van der Waals surface area contributed by atoms with Crippen molar-refractivity contribution in [1.82, 2.24) is 33.3 Å². The Morgan fingerprint density at radius 2 is 1.88 bits per heavy atom. The van der Waals surface area contributed by atoms with Crippen LogP contribution in [-0.2, 0) is 16.6 Å². The van der Waals surface area contributed by atoms with Crippen LogP contribution in [0.4, 0.5) is 0 Å². The highest BCUT2D eigenvalue weighted by atomic mass is 35.5. The molecule has 0 radical (unpaired) electrons. The maximum atomic E-state index is 11.7. The van der Waals surface area contributed by atoms with Gasteiger partial charge in [0.1, 0.15) is 11.5 Å². The van der Waals surface area contributed by atoms with Gasteiger partial charge in [-0.2, -0.15) is 9.40 Å². The van der Waals surface area contributed by atoms with Crippen molar-refractivity contribution < 1.29 is 8.42 Å². The summed E-state index contributed by atoms with van der Waals surface area (Å²) in [5.41, 5.74) is 5.67. The molecule has 34 heavy (non-hydrogen) atoms. The molecule has 0 aliphatic carbocycles. The number of hydrogen-bond acceptors (Lipinski definition) is 5. The molecule has 9 nitrogen and oxygen atoms in total. The Kier molecular flexibility index (Phi) is 4.80. The van der Waals surface area contributed by atoms with Crippen molar-refractivity contribution in [1.29, 1.82) is 0 Å². The van der Waals surface area contributed by atoms with Gasteiger partial charge in [0, 0.05) is 30.9 Å². The van der Waals surface area contributed by atoms with E-state index in [0.717, 1.165) is 39.5 Å². The zero-order valence-electron chi connectivity index (χ0n) is 18.6. The first-order chi connectivity index (χ1) is 16.3. The lowest BCUT2D eigenvalue weighted by Crippen LogP contribution is -2.50. The average Bonchev–Trinajstić information content (AvgIpc) is 3.44. The van der Waals surface area contributed by atoms with E-state index in [-0.39, 0.29) is 6.04 Å². The maximum Gasteiger partial charge on any atom is 0.211 e. The molecular weight excluding hydrogens is 474 g/mol. The van der Waals surface area contributed by atoms with Gasteiger partial charge in [-0.15, -0.1) is 10.2 Å². The van der Waals surface area contributed by atoms with Gasteiger partial charge in [-0.05, 0) is 48.9 Å². The van der Waals surface area contributed by atoms with Gasteiger partial charge in [-0.1, -0.05) is 23.7 Å². The second-order valence-electron chi connectivity index (χ2n) is 8.71. The highest BCUT2D eigenvalue weighted by Crippen LogP contribution is 2.31. The van der Waals surface area contributed by atoms with E-state index < -0.39 is 10.0 Å². The molecular formula is C23H22ClN7O2S. The summed E-state index contributed by atoms with van der Waals surface area (Å²) in [7, 11) is -3.17. The number of aromatic nitrogens is 6. The van der Waals surface area contributed by atoms with Gasteiger partial charge in [0.25, 0.3) is 0 Å². The Morgan fingerprint density at radius 1 is 1.06 bits per heavy atom. The predicted octanol–water partition coefficient (Wildman–Crippen LogP) is 3.37. The summed E-state index contributed by atoms with van der Waals surface area (Å²) in [5.74, 6) is 0.813. The van der Waals surface area contributed by atoms with Gasteiger partial charge in [0.05, 0.1) is 29.0 Å². The SMILES string of the molecule is Cc1nnc2ccc3c(cc(-c4ccn(C5CN(S(C)(=O)=O)C5)n4)n3Cc3cccc(Cl)c3)n12. The third-order valence-corrected chi connectivity index (χ3v) is 7.84. The van der Waals surface area contributed by atoms with Gasteiger partial charge in [-0.3, -0.25) is 9.08 Å². The first-order valence-corrected chi connectivity index (χ1v) is 13.1. The van der Waals surface area contributed by atoms with E-state index in [1.54, 1.807) is 0 Å². The van der Waals surface area contributed by atoms with Crippen molar-refractivity contribution in [2.24, 2.45) is 0 Å². The lowest BCUT2D eigenvalue weighted by molar-refractivity contribution is 0.192. The van der Waals surface area contributed by atoms with Crippen LogP contribution in [0.5, 0.6) is 0 Å². The van der Waals surface area contributed by atoms with Crippen molar-refractivity contribution in [3.05, 3.63) is 71.1 Å². The molecule has 0 amide bonds. The van der Waals surface area contributed by atoms with Crippen molar-refractivity contribution >= 4 is 38.3 Å². The van der Waals surface area contributed by atoms with Crippen LogP contribution in [0.3, 0.4) is 0 Å². The molecule has 5 aromatic rings. The molecule has 1 aliphatic rings. The number of nitrogens with zero attached hydrogens (tertiary/aromatic N) is 7. The molecule has 0 N–H and O–H groups in total. The molecule has 0 saturated carbocycles. The van der Waals surface area contributed by atoms with Crippen molar-refractivity contribution in [3.8, 4) is 11.4 Å². The van der Waals surface area contributed by atoms with Gasteiger partial charge in [-0.25, -0.2) is 8.42 Å². The number of fused-ring (bicyclic) bond motifs is 3. The number of hydrogen-bond donors (Lipinski definition) is 0. The normalized spacial score (nSPS) is 15.4. The van der Waals surface area contributed by atoms with Crippen LogP contribution in [-0.4, -0.2) is 61.0 Å².